The number of benzene rings is 3. The van der Waals surface area contributed by atoms with Crippen LogP contribution < -0.4 is 5.32 Å². The fourth-order valence-electron chi connectivity index (χ4n) is 3.42. The normalized spacial score (nSPS) is 13.4. The first kappa shape index (κ1) is 20.8. The van der Waals surface area contributed by atoms with Crippen molar-refractivity contribution >= 4 is 17.2 Å². The van der Waals surface area contributed by atoms with Gasteiger partial charge in [-0.3, -0.25) is 0 Å². The summed E-state index contributed by atoms with van der Waals surface area (Å²) in [6.45, 7) is 2.05. The van der Waals surface area contributed by atoms with Gasteiger partial charge in [0.05, 0.1) is 24.5 Å². The van der Waals surface area contributed by atoms with Crippen molar-refractivity contribution in [2.75, 3.05) is 18.5 Å². The molecule has 158 valence electrons. The third kappa shape index (κ3) is 5.58. The van der Waals surface area contributed by atoms with E-state index in [9.17, 15) is 9.18 Å². The Hall–Kier alpha value is -3.44. The van der Waals surface area contributed by atoms with E-state index >= 15 is 0 Å². The summed E-state index contributed by atoms with van der Waals surface area (Å²) in [7, 11) is 0. The topological polar surface area (TPSA) is 47.6 Å². The molecule has 0 atom stereocenters. The van der Waals surface area contributed by atoms with E-state index < -0.39 is 11.8 Å². The van der Waals surface area contributed by atoms with Gasteiger partial charge in [0, 0.05) is 6.54 Å². The molecule has 1 aliphatic rings. The average Bonchev–Trinajstić information content (AvgIpc) is 2.83. The molecule has 3 aromatic carbocycles. The lowest BCUT2D eigenvalue weighted by atomic mass is 10.0. The highest BCUT2D eigenvalue weighted by atomic mass is 19.1. The fraction of sp³-hybridized carbons (Fsp3) is 0.192. The molecule has 0 unspecified atom stereocenters. The Morgan fingerprint density at radius 1 is 1.00 bits per heavy atom. The molecule has 1 aliphatic heterocycles. The van der Waals surface area contributed by atoms with Crippen molar-refractivity contribution in [3.8, 4) is 0 Å². The van der Waals surface area contributed by atoms with Gasteiger partial charge in [-0.1, -0.05) is 60.7 Å². The molecule has 0 radical (unpaired) electrons. The van der Waals surface area contributed by atoms with Gasteiger partial charge in [0.2, 0.25) is 0 Å². The highest BCUT2D eigenvalue weighted by Gasteiger charge is 2.12. The number of nitrogens with one attached hydrogen (secondary N) is 1. The zero-order chi connectivity index (χ0) is 21.5. The number of carbonyl (C=O) groups is 1. The van der Waals surface area contributed by atoms with Crippen LogP contribution in [0.3, 0.4) is 0 Å². The molecule has 4 rings (SSSR count). The monoisotopic (exact) mass is 417 g/mol. The molecule has 0 aromatic heterocycles. The van der Waals surface area contributed by atoms with Crippen LogP contribution in [0.1, 0.15) is 33.5 Å². The van der Waals surface area contributed by atoms with Crippen molar-refractivity contribution in [3.05, 3.63) is 107 Å². The van der Waals surface area contributed by atoms with Crippen LogP contribution in [0.4, 0.5) is 10.1 Å². The van der Waals surface area contributed by atoms with Crippen molar-refractivity contribution in [2.24, 2.45) is 0 Å². The number of anilines is 1. The molecule has 0 saturated carbocycles. The molecule has 31 heavy (non-hydrogen) atoms. The Balaban J connectivity index is 1.33. The van der Waals surface area contributed by atoms with Gasteiger partial charge in [0.25, 0.3) is 0 Å². The summed E-state index contributed by atoms with van der Waals surface area (Å²) < 4.78 is 25.1. The number of carbonyl (C=O) groups excluding carboxylic acids is 1. The second-order valence-corrected chi connectivity index (χ2v) is 7.36. The Bertz CT molecular complexity index is 1060. The van der Waals surface area contributed by atoms with Crippen LogP contribution in [0, 0.1) is 5.82 Å². The van der Waals surface area contributed by atoms with Crippen LogP contribution >= 0.6 is 0 Å². The van der Waals surface area contributed by atoms with E-state index in [2.05, 4.69) is 23.5 Å². The lowest BCUT2D eigenvalue weighted by Gasteiger charge is -2.14. The van der Waals surface area contributed by atoms with Crippen molar-refractivity contribution in [1.82, 2.24) is 0 Å². The number of ether oxygens (including phenoxy) is 2. The molecular formula is C26H24FNO3. The Morgan fingerprint density at radius 3 is 2.52 bits per heavy atom. The Kier molecular flexibility index (Phi) is 6.75. The van der Waals surface area contributed by atoms with Crippen molar-refractivity contribution in [1.29, 1.82) is 0 Å². The van der Waals surface area contributed by atoms with Crippen molar-refractivity contribution < 1.29 is 18.7 Å². The summed E-state index contributed by atoms with van der Waals surface area (Å²) in [6.07, 6.45) is 3.03. The van der Waals surface area contributed by atoms with Gasteiger partial charge < -0.3 is 14.8 Å². The molecule has 4 nitrogen and oxygen atoms in total. The number of hydrogen-bond acceptors (Lipinski definition) is 4. The molecule has 1 N–H and O–H groups in total. The number of rotatable bonds is 7. The second kappa shape index (κ2) is 10.0. The maximum atomic E-state index is 14.5. The van der Waals surface area contributed by atoms with Gasteiger partial charge in [-0.15, -0.1) is 0 Å². The molecule has 0 amide bonds. The summed E-state index contributed by atoms with van der Waals surface area (Å²) in [5.41, 5.74) is 4.95. The van der Waals surface area contributed by atoms with Gasteiger partial charge in [-0.25, -0.2) is 9.18 Å². The van der Waals surface area contributed by atoms with E-state index in [-0.39, 0.29) is 12.2 Å². The predicted molar refractivity (Wildman–Crippen MR) is 119 cm³/mol. The van der Waals surface area contributed by atoms with Crippen molar-refractivity contribution in [3.63, 3.8) is 0 Å². The summed E-state index contributed by atoms with van der Waals surface area (Å²) in [6, 6.07) is 21.9. The van der Waals surface area contributed by atoms with E-state index in [1.807, 2.05) is 42.5 Å². The van der Waals surface area contributed by atoms with Gasteiger partial charge in [0.15, 0.2) is 0 Å². The van der Waals surface area contributed by atoms with E-state index in [1.165, 1.54) is 17.2 Å². The second-order valence-electron chi connectivity index (χ2n) is 7.36. The largest absolute Gasteiger partial charge is 0.457 e. The van der Waals surface area contributed by atoms with Crippen LogP contribution in [0.15, 0.2) is 78.9 Å². The maximum absolute atomic E-state index is 14.5. The smallest absolute Gasteiger partial charge is 0.338 e. The Labute approximate surface area is 181 Å². The van der Waals surface area contributed by atoms with Crippen LogP contribution in [0.2, 0.25) is 0 Å². The van der Waals surface area contributed by atoms with Crippen LogP contribution in [0.5, 0.6) is 0 Å². The summed E-state index contributed by atoms with van der Waals surface area (Å²) in [4.78, 5) is 12.2. The highest BCUT2D eigenvalue weighted by molar-refractivity contribution is 5.89. The predicted octanol–water partition coefficient (Wildman–Crippen LogP) is 5.60. The number of esters is 1. The van der Waals surface area contributed by atoms with Crippen LogP contribution in [0.25, 0.3) is 5.57 Å². The number of hydrogen-bond donors (Lipinski definition) is 1. The molecule has 0 spiro atoms. The molecule has 0 bridgehead atoms. The van der Waals surface area contributed by atoms with Gasteiger partial charge in [0.1, 0.15) is 12.4 Å². The minimum Gasteiger partial charge on any atom is -0.457 e. The van der Waals surface area contributed by atoms with Crippen LogP contribution in [-0.4, -0.2) is 19.2 Å². The van der Waals surface area contributed by atoms with Crippen molar-refractivity contribution in [2.45, 2.75) is 19.6 Å². The molecule has 5 heteroatoms. The third-order valence-electron chi connectivity index (χ3n) is 5.19. The minimum absolute atomic E-state index is 0.154. The van der Waals surface area contributed by atoms with E-state index in [0.29, 0.717) is 18.8 Å². The van der Waals surface area contributed by atoms with Gasteiger partial charge >= 0.3 is 5.97 Å². The summed E-state index contributed by atoms with van der Waals surface area (Å²) in [5, 5.41) is 3.09. The zero-order valence-corrected chi connectivity index (χ0v) is 17.1. The van der Waals surface area contributed by atoms with E-state index in [4.69, 9.17) is 9.47 Å². The lowest BCUT2D eigenvalue weighted by molar-refractivity contribution is 0.0472. The third-order valence-corrected chi connectivity index (χ3v) is 5.19. The molecular weight excluding hydrogens is 393 g/mol. The first-order valence-corrected chi connectivity index (χ1v) is 10.3. The van der Waals surface area contributed by atoms with E-state index in [1.54, 1.807) is 12.1 Å². The molecule has 3 aromatic rings. The Morgan fingerprint density at radius 2 is 1.81 bits per heavy atom. The fourth-order valence-corrected chi connectivity index (χ4v) is 3.42. The zero-order valence-electron chi connectivity index (χ0n) is 17.1. The average molecular weight is 417 g/mol. The molecule has 0 saturated heterocycles. The quantitative estimate of drug-likeness (QED) is 0.509. The van der Waals surface area contributed by atoms with Gasteiger partial charge in [-0.2, -0.15) is 0 Å². The number of halogens is 1. The van der Waals surface area contributed by atoms with Gasteiger partial charge in [-0.05, 0) is 46.9 Å². The SMILES string of the molecule is O=C(OCc1ccccc1)c1ccc(NCc2ccc(C3=CCOCC3)cc2)c(F)c1. The summed E-state index contributed by atoms with van der Waals surface area (Å²) in [5.74, 6) is -1.04. The minimum atomic E-state index is -0.549. The van der Waals surface area contributed by atoms with Crippen LogP contribution in [-0.2, 0) is 22.6 Å². The molecule has 0 fully saturated rings. The maximum Gasteiger partial charge on any atom is 0.338 e. The highest BCUT2D eigenvalue weighted by Crippen LogP contribution is 2.22. The standard InChI is InChI=1S/C26H24FNO3/c27-24-16-23(26(29)31-18-20-4-2-1-3-5-20)10-11-25(24)28-17-19-6-8-21(9-7-19)22-12-14-30-15-13-22/h1-12,16,28H,13-15,17-18H2. The molecule has 0 aliphatic carbocycles. The van der Waals surface area contributed by atoms with E-state index in [0.717, 1.165) is 24.2 Å². The first-order chi connectivity index (χ1) is 15.2. The lowest BCUT2D eigenvalue weighted by Crippen LogP contribution is -2.07. The summed E-state index contributed by atoms with van der Waals surface area (Å²) >= 11 is 0. The first-order valence-electron chi connectivity index (χ1n) is 10.3. The molecule has 1 heterocycles.